The number of carbonyl (C=O) groups is 1. The lowest BCUT2D eigenvalue weighted by atomic mass is 9.92. The van der Waals surface area contributed by atoms with Gasteiger partial charge in [0.05, 0.1) is 48.9 Å². The number of benzene rings is 3. The van der Waals surface area contributed by atoms with Crippen molar-refractivity contribution in [2.75, 3.05) is 49.2 Å². The highest BCUT2D eigenvalue weighted by Crippen LogP contribution is 2.39. The summed E-state index contributed by atoms with van der Waals surface area (Å²) in [6, 6.07) is 13.3. The average Bonchev–Trinajstić information content (AvgIpc) is 3.01. The number of rotatable bonds is 11. The van der Waals surface area contributed by atoms with Crippen LogP contribution in [0.25, 0.3) is 0 Å². The van der Waals surface area contributed by atoms with Gasteiger partial charge in [-0.25, -0.2) is 5.43 Å². The van der Waals surface area contributed by atoms with E-state index in [1.54, 1.807) is 39.7 Å². The highest BCUT2D eigenvalue weighted by Gasteiger charge is 2.27. The van der Waals surface area contributed by atoms with Gasteiger partial charge in [0, 0.05) is 30.3 Å². The van der Waals surface area contributed by atoms with Gasteiger partial charge in [-0.1, -0.05) is 0 Å². The first-order valence-corrected chi connectivity index (χ1v) is 13.2. The second-order valence-electron chi connectivity index (χ2n) is 9.49. The number of carbonyl (C=O) groups excluding carboxylic acids is 1. The summed E-state index contributed by atoms with van der Waals surface area (Å²) in [4.78, 5) is 15.2. The molecule has 218 valence electrons. The van der Waals surface area contributed by atoms with E-state index in [4.69, 9.17) is 28.4 Å². The van der Waals surface area contributed by atoms with Crippen LogP contribution in [0.15, 0.2) is 47.6 Å². The van der Waals surface area contributed by atoms with Gasteiger partial charge >= 0.3 is 0 Å². The zero-order valence-corrected chi connectivity index (χ0v) is 24.6. The van der Waals surface area contributed by atoms with Gasteiger partial charge in [-0.05, 0) is 72.5 Å². The molecule has 0 aromatic heterocycles. The molecule has 0 saturated carbocycles. The van der Waals surface area contributed by atoms with Crippen LogP contribution in [0.2, 0.25) is 0 Å². The zero-order chi connectivity index (χ0) is 29.5. The topological polar surface area (TPSA) is 100 Å². The number of fused-ring (bicyclic) bond motifs is 1. The third kappa shape index (κ3) is 6.33. The van der Waals surface area contributed by atoms with Crippen LogP contribution in [-0.2, 0) is 13.0 Å². The van der Waals surface area contributed by atoms with Crippen LogP contribution in [0.5, 0.6) is 34.5 Å². The van der Waals surface area contributed by atoms with Gasteiger partial charge in [0.25, 0.3) is 5.91 Å². The number of nitrogens with one attached hydrogen (secondary N) is 1. The fourth-order valence-electron chi connectivity index (χ4n) is 5.08. The number of hydrogen-bond acceptors (Lipinski definition) is 9. The van der Waals surface area contributed by atoms with E-state index in [1.165, 1.54) is 32.5 Å². The molecule has 0 radical (unpaired) electrons. The monoisotopic (exact) mass is 563 g/mol. The summed E-state index contributed by atoms with van der Waals surface area (Å²) in [5.74, 6) is 3.02. The van der Waals surface area contributed by atoms with Crippen molar-refractivity contribution in [3.63, 3.8) is 0 Å². The molecule has 1 N–H and O–H groups in total. The lowest BCUT2D eigenvalue weighted by Gasteiger charge is -2.36. The van der Waals surface area contributed by atoms with Crippen molar-refractivity contribution in [3.05, 3.63) is 70.3 Å². The normalized spacial score (nSPS) is 14.8. The summed E-state index contributed by atoms with van der Waals surface area (Å²) in [5.41, 5.74) is 7.22. The van der Waals surface area contributed by atoms with E-state index in [0.717, 1.165) is 41.3 Å². The Morgan fingerprint density at radius 3 is 2.10 bits per heavy atom. The molecule has 1 aliphatic heterocycles. The third-order valence-electron chi connectivity index (χ3n) is 7.30. The minimum absolute atomic E-state index is 0.165. The molecule has 41 heavy (non-hydrogen) atoms. The lowest BCUT2D eigenvalue weighted by molar-refractivity contribution is 0.0954. The molecule has 10 heteroatoms. The molecule has 0 saturated heterocycles. The zero-order valence-electron chi connectivity index (χ0n) is 24.6. The van der Waals surface area contributed by atoms with Gasteiger partial charge < -0.3 is 28.4 Å². The van der Waals surface area contributed by atoms with E-state index in [9.17, 15) is 4.79 Å². The fraction of sp³-hybridized carbons (Fsp3) is 0.355. The van der Waals surface area contributed by atoms with E-state index in [-0.39, 0.29) is 6.04 Å². The number of methoxy groups -OCH3 is 6. The third-order valence-corrected chi connectivity index (χ3v) is 7.30. The molecule has 0 spiro atoms. The van der Waals surface area contributed by atoms with Gasteiger partial charge in [-0.15, -0.1) is 0 Å². The molecule has 0 bridgehead atoms. The average molecular weight is 564 g/mol. The predicted octanol–water partition coefficient (Wildman–Crippen LogP) is 4.62. The van der Waals surface area contributed by atoms with Crippen LogP contribution in [0.4, 0.5) is 0 Å². The Hall–Kier alpha value is -4.44. The Bertz CT molecular complexity index is 1400. The largest absolute Gasteiger partial charge is 0.496 e. The van der Waals surface area contributed by atoms with Gasteiger partial charge in [0.1, 0.15) is 5.75 Å². The maximum atomic E-state index is 12.8. The van der Waals surface area contributed by atoms with E-state index >= 15 is 0 Å². The second kappa shape index (κ2) is 13.3. The Labute approximate surface area is 240 Å². The molecule has 0 aliphatic carbocycles. The lowest BCUT2D eigenvalue weighted by Crippen LogP contribution is -2.33. The number of hydrazone groups is 1. The predicted molar refractivity (Wildman–Crippen MR) is 156 cm³/mol. The first-order valence-electron chi connectivity index (χ1n) is 13.2. The van der Waals surface area contributed by atoms with Gasteiger partial charge in [0.15, 0.2) is 23.0 Å². The summed E-state index contributed by atoms with van der Waals surface area (Å²) in [5, 5.41) is 4.18. The number of hydrogen-bond donors (Lipinski definition) is 1. The minimum Gasteiger partial charge on any atom is -0.496 e. The second-order valence-corrected chi connectivity index (χ2v) is 9.49. The highest BCUT2D eigenvalue weighted by atomic mass is 16.5. The van der Waals surface area contributed by atoms with E-state index in [2.05, 4.69) is 34.5 Å². The Kier molecular flexibility index (Phi) is 9.57. The van der Waals surface area contributed by atoms with Crippen molar-refractivity contribution in [1.82, 2.24) is 10.3 Å². The van der Waals surface area contributed by atoms with Crippen molar-refractivity contribution in [1.29, 1.82) is 0 Å². The molecule has 0 fully saturated rings. The quantitative estimate of drug-likeness (QED) is 0.267. The first kappa shape index (κ1) is 29.5. The minimum atomic E-state index is -0.415. The summed E-state index contributed by atoms with van der Waals surface area (Å²) in [7, 11) is 9.47. The van der Waals surface area contributed by atoms with Crippen LogP contribution < -0.4 is 33.8 Å². The Morgan fingerprint density at radius 1 is 0.854 bits per heavy atom. The summed E-state index contributed by atoms with van der Waals surface area (Å²) in [6.45, 7) is 3.76. The smallest absolute Gasteiger partial charge is 0.271 e. The number of ether oxygens (including phenoxy) is 6. The molecule has 4 rings (SSSR count). The van der Waals surface area contributed by atoms with E-state index in [0.29, 0.717) is 29.4 Å². The van der Waals surface area contributed by atoms with Crippen molar-refractivity contribution in [2.24, 2.45) is 5.10 Å². The van der Waals surface area contributed by atoms with Crippen LogP contribution in [0.3, 0.4) is 0 Å². The molecular weight excluding hydrogens is 526 g/mol. The van der Waals surface area contributed by atoms with Gasteiger partial charge in [-0.2, -0.15) is 5.10 Å². The Balaban J connectivity index is 1.50. The summed E-state index contributed by atoms with van der Waals surface area (Å²) in [6.07, 6.45) is 2.50. The van der Waals surface area contributed by atoms with Crippen molar-refractivity contribution >= 4 is 12.1 Å². The molecule has 1 atom stereocenters. The SMILES string of the molecule is COc1ccc(/C=N\NC(=O)c2cc(OC)c(OC)c(OC)c2)cc1CN1CCc2cc(OC)c(OC)cc2[C@H]1C. The van der Waals surface area contributed by atoms with Crippen LogP contribution in [-0.4, -0.2) is 66.2 Å². The molecule has 3 aromatic rings. The molecule has 1 heterocycles. The molecular formula is C31H37N3O7. The van der Waals surface area contributed by atoms with Crippen LogP contribution in [0.1, 0.15) is 45.6 Å². The van der Waals surface area contributed by atoms with Crippen molar-refractivity contribution in [3.8, 4) is 34.5 Å². The fourth-order valence-corrected chi connectivity index (χ4v) is 5.08. The Morgan fingerprint density at radius 2 is 1.49 bits per heavy atom. The van der Waals surface area contributed by atoms with Crippen LogP contribution in [0, 0.1) is 0 Å². The van der Waals surface area contributed by atoms with Crippen molar-refractivity contribution in [2.45, 2.75) is 25.9 Å². The maximum absolute atomic E-state index is 12.8. The van der Waals surface area contributed by atoms with E-state index < -0.39 is 5.91 Å². The molecule has 10 nitrogen and oxygen atoms in total. The molecule has 1 aliphatic rings. The van der Waals surface area contributed by atoms with Crippen molar-refractivity contribution < 1.29 is 33.2 Å². The maximum Gasteiger partial charge on any atom is 0.271 e. The number of nitrogens with zero attached hydrogens (tertiary/aromatic N) is 2. The van der Waals surface area contributed by atoms with E-state index in [1.807, 2.05) is 18.2 Å². The standard InChI is InChI=1S/C31H37N3O7/c1-19-24-16-27(38-4)26(37-3)13-21(24)10-11-34(19)18-23-12-20(8-9-25(23)36-2)17-32-33-31(35)22-14-28(39-5)30(41-7)29(15-22)40-6/h8-9,12-17,19H,10-11,18H2,1-7H3,(H,33,35)/b32-17-/t19-/m1/s1. The first-order chi connectivity index (χ1) is 19.9. The molecule has 3 aromatic carbocycles. The summed E-state index contributed by atoms with van der Waals surface area (Å²) >= 11 is 0. The highest BCUT2D eigenvalue weighted by molar-refractivity contribution is 5.96. The summed E-state index contributed by atoms with van der Waals surface area (Å²) < 4.78 is 32.7. The number of amides is 1. The van der Waals surface area contributed by atoms with Gasteiger partial charge in [0.2, 0.25) is 5.75 Å². The molecule has 1 amide bonds. The van der Waals surface area contributed by atoms with Crippen LogP contribution >= 0.6 is 0 Å². The molecule has 0 unspecified atom stereocenters. The van der Waals surface area contributed by atoms with Gasteiger partial charge in [-0.3, -0.25) is 9.69 Å².